The van der Waals surface area contributed by atoms with Crippen molar-refractivity contribution in [1.82, 2.24) is 0 Å². The molecule has 9 heteroatoms. The fourth-order valence-corrected chi connectivity index (χ4v) is 2.81. The molecule has 0 saturated heterocycles. The van der Waals surface area contributed by atoms with Crippen LogP contribution in [0.1, 0.15) is 13.3 Å². The summed E-state index contributed by atoms with van der Waals surface area (Å²) in [5, 5.41) is 9.20. The second-order valence-electron chi connectivity index (χ2n) is 3.76. The zero-order valence-corrected chi connectivity index (χ0v) is 12.8. The fourth-order valence-electron chi connectivity index (χ4n) is 1.31. The van der Waals surface area contributed by atoms with Gasteiger partial charge in [-0.1, -0.05) is 23.2 Å². The van der Waals surface area contributed by atoms with Crippen LogP contribution in [-0.4, -0.2) is 31.9 Å². The molecule has 0 aromatic heterocycles. The Balaban J connectivity index is 2.74. The fraction of sp³-hybridized carbons (Fsp3) is 0.364. The van der Waals surface area contributed by atoms with E-state index in [4.69, 9.17) is 23.2 Å². The molecule has 1 rings (SSSR count). The zero-order chi connectivity index (χ0) is 15.3. The van der Waals surface area contributed by atoms with E-state index in [1.165, 1.54) is 12.1 Å². The number of rotatable bonds is 6. The van der Waals surface area contributed by atoms with Gasteiger partial charge in [0.15, 0.2) is 5.75 Å². The summed E-state index contributed by atoms with van der Waals surface area (Å²) >= 11 is 11.3. The van der Waals surface area contributed by atoms with Crippen molar-refractivity contribution in [1.29, 1.82) is 0 Å². The van der Waals surface area contributed by atoms with Crippen molar-refractivity contribution in [2.75, 3.05) is 17.1 Å². The van der Waals surface area contributed by atoms with Crippen LogP contribution < -0.4 is 4.72 Å². The molecule has 0 aliphatic rings. The van der Waals surface area contributed by atoms with Gasteiger partial charge >= 0.3 is 5.97 Å². The summed E-state index contributed by atoms with van der Waals surface area (Å²) in [4.78, 5) is 11.1. The van der Waals surface area contributed by atoms with E-state index in [-0.39, 0.29) is 34.5 Å². The van der Waals surface area contributed by atoms with Crippen molar-refractivity contribution < 1.29 is 23.1 Å². The van der Waals surface area contributed by atoms with E-state index in [1.54, 1.807) is 6.92 Å². The number of nitrogens with one attached hydrogen (secondary N) is 1. The summed E-state index contributed by atoms with van der Waals surface area (Å²) in [5.74, 6) is -1.36. The number of hydrogen-bond donors (Lipinski definition) is 2. The number of sulfonamides is 1. The highest BCUT2D eigenvalue weighted by Crippen LogP contribution is 2.34. The topological polar surface area (TPSA) is 92.7 Å². The van der Waals surface area contributed by atoms with Crippen LogP contribution in [0, 0.1) is 0 Å². The molecule has 20 heavy (non-hydrogen) atoms. The number of esters is 1. The first-order valence-corrected chi connectivity index (χ1v) is 8.00. The van der Waals surface area contributed by atoms with Gasteiger partial charge in [0.25, 0.3) is 0 Å². The molecular weight excluding hydrogens is 329 g/mol. The third kappa shape index (κ3) is 5.07. The molecule has 0 saturated carbocycles. The second kappa shape index (κ2) is 7.01. The molecule has 0 amide bonds. The van der Waals surface area contributed by atoms with Crippen LogP contribution >= 0.6 is 23.2 Å². The lowest BCUT2D eigenvalue weighted by atomic mass is 10.3. The van der Waals surface area contributed by atoms with E-state index in [2.05, 4.69) is 9.46 Å². The SMILES string of the molecule is CCOC(=O)CCS(=O)(=O)Nc1cc(Cl)c(O)c(Cl)c1. The average Bonchev–Trinajstić information content (AvgIpc) is 2.33. The van der Waals surface area contributed by atoms with Gasteiger partial charge in [0.05, 0.1) is 34.5 Å². The summed E-state index contributed by atoms with van der Waals surface area (Å²) in [5.41, 5.74) is 0.0988. The Morgan fingerprint density at radius 3 is 2.40 bits per heavy atom. The first kappa shape index (κ1) is 16.9. The highest BCUT2D eigenvalue weighted by molar-refractivity contribution is 7.92. The van der Waals surface area contributed by atoms with Crippen molar-refractivity contribution in [3.63, 3.8) is 0 Å². The van der Waals surface area contributed by atoms with Crippen molar-refractivity contribution in [2.24, 2.45) is 0 Å². The minimum atomic E-state index is -3.74. The van der Waals surface area contributed by atoms with Crippen molar-refractivity contribution in [3.8, 4) is 5.75 Å². The first-order chi connectivity index (χ1) is 9.25. The predicted octanol–water partition coefficient (Wildman–Crippen LogP) is 2.39. The Kier molecular flexibility index (Phi) is 5.91. The second-order valence-corrected chi connectivity index (χ2v) is 6.42. The number of aromatic hydroxyl groups is 1. The molecule has 112 valence electrons. The summed E-state index contributed by atoms with van der Waals surface area (Å²) in [6, 6.07) is 2.43. The number of anilines is 1. The number of hydrogen-bond acceptors (Lipinski definition) is 5. The van der Waals surface area contributed by atoms with Crippen molar-refractivity contribution in [3.05, 3.63) is 22.2 Å². The maximum Gasteiger partial charge on any atom is 0.306 e. The quantitative estimate of drug-likeness (QED) is 0.612. The molecule has 0 fully saturated rings. The molecule has 0 unspecified atom stereocenters. The molecule has 1 aromatic carbocycles. The summed E-state index contributed by atoms with van der Waals surface area (Å²) in [7, 11) is -3.74. The Bertz CT molecular complexity index is 580. The van der Waals surface area contributed by atoms with Crippen LogP contribution in [-0.2, 0) is 19.6 Å². The highest BCUT2D eigenvalue weighted by Gasteiger charge is 2.16. The molecule has 0 spiro atoms. The summed E-state index contributed by atoms with van der Waals surface area (Å²) < 4.78 is 30.3. The minimum Gasteiger partial charge on any atom is -0.505 e. The van der Waals surface area contributed by atoms with E-state index < -0.39 is 21.7 Å². The average molecular weight is 342 g/mol. The van der Waals surface area contributed by atoms with Gasteiger partial charge in [0.1, 0.15) is 0 Å². The third-order valence-corrected chi connectivity index (χ3v) is 4.04. The Labute approximate surface area is 126 Å². The highest BCUT2D eigenvalue weighted by atomic mass is 35.5. The Hall–Kier alpha value is -1.18. The molecule has 1 aromatic rings. The van der Waals surface area contributed by atoms with E-state index in [0.29, 0.717) is 0 Å². The molecule has 0 heterocycles. The van der Waals surface area contributed by atoms with Gasteiger partial charge in [-0.15, -0.1) is 0 Å². The maximum absolute atomic E-state index is 11.7. The van der Waals surface area contributed by atoms with Gasteiger partial charge in [-0.25, -0.2) is 8.42 Å². The summed E-state index contributed by atoms with van der Waals surface area (Å²) in [6.45, 7) is 1.82. The van der Waals surface area contributed by atoms with Gasteiger partial charge in [-0.3, -0.25) is 9.52 Å². The number of ether oxygens (including phenoxy) is 1. The van der Waals surface area contributed by atoms with Gasteiger partial charge in [-0.05, 0) is 19.1 Å². The lowest BCUT2D eigenvalue weighted by Crippen LogP contribution is -2.20. The van der Waals surface area contributed by atoms with Crippen LogP contribution in [0.5, 0.6) is 5.75 Å². The Morgan fingerprint density at radius 2 is 1.90 bits per heavy atom. The maximum atomic E-state index is 11.7. The molecule has 0 aliphatic heterocycles. The third-order valence-electron chi connectivity index (χ3n) is 2.17. The van der Waals surface area contributed by atoms with Crippen molar-refractivity contribution in [2.45, 2.75) is 13.3 Å². The molecule has 2 N–H and O–H groups in total. The number of carbonyl (C=O) groups is 1. The molecule has 0 bridgehead atoms. The molecule has 0 aliphatic carbocycles. The van der Waals surface area contributed by atoms with Gasteiger partial charge < -0.3 is 9.84 Å². The van der Waals surface area contributed by atoms with E-state index in [9.17, 15) is 18.3 Å². The molecule has 6 nitrogen and oxygen atoms in total. The number of phenols is 1. The number of phenolic OH excluding ortho intramolecular Hbond substituents is 1. The van der Waals surface area contributed by atoms with Crippen molar-refractivity contribution >= 4 is 44.9 Å². The summed E-state index contributed by atoms with van der Waals surface area (Å²) in [6.07, 6.45) is -0.261. The molecule has 0 atom stereocenters. The zero-order valence-electron chi connectivity index (χ0n) is 10.5. The largest absolute Gasteiger partial charge is 0.505 e. The van der Waals surface area contributed by atoms with Crippen LogP contribution in [0.3, 0.4) is 0 Å². The van der Waals surface area contributed by atoms with Gasteiger partial charge in [0, 0.05) is 0 Å². The van der Waals surface area contributed by atoms with Gasteiger partial charge in [0.2, 0.25) is 10.0 Å². The first-order valence-electron chi connectivity index (χ1n) is 5.59. The smallest absolute Gasteiger partial charge is 0.306 e. The van der Waals surface area contributed by atoms with E-state index in [0.717, 1.165) is 0 Å². The normalized spacial score (nSPS) is 11.2. The predicted molar refractivity (Wildman–Crippen MR) is 76.8 cm³/mol. The van der Waals surface area contributed by atoms with Crippen LogP contribution in [0.4, 0.5) is 5.69 Å². The molecular formula is C11H13Cl2NO5S. The van der Waals surface area contributed by atoms with Crippen LogP contribution in [0.25, 0.3) is 0 Å². The number of halogens is 2. The number of benzene rings is 1. The minimum absolute atomic E-state index is 0.0828. The lowest BCUT2D eigenvalue weighted by molar-refractivity contribution is -0.142. The standard InChI is InChI=1S/C11H13Cl2NO5S/c1-2-19-10(15)3-4-20(17,18)14-7-5-8(12)11(16)9(13)6-7/h5-6,14,16H,2-4H2,1H3. The van der Waals surface area contributed by atoms with E-state index >= 15 is 0 Å². The van der Waals surface area contributed by atoms with E-state index in [1.807, 2.05) is 0 Å². The van der Waals surface area contributed by atoms with Crippen LogP contribution in [0.15, 0.2) is 12.1 Å². The number of carbonyl (C=O) groups excluding carboxylic acids is 1. The molecule has 0 radical (unpaired) electrons. The van der Waals surface area contributed by atoms with Gasteiger partial charge in [-0.2, -0.15) is 0 Å². The van der Waals surface area contributed by atoms with Crippen LogP contribution in [0.2, 0.25) is 10.0 Å². The lowest BCUT2D eigenvalue weighted by Gasteiger charge is -2.09. The Morgan fingerprint density at radius 1 is 1.35 bits per heavy atom. The monoisotopic (exact) mass is 341 g/mol.